The third-order valence-corrected chi connectivity index (χ3v) is 2.99. The number of aryl methyl sites for hydroxylation is 2. The first kappa shape index (κ1) is 13.8. The van der Waals surface area contributed by atoms with Gasteiger partial charge in [-0.2, -0.15) is 0 Å². The van der Waals surface area contributed by atoms with Gasteiger partial charge in [-0.25, -0.2) is 0 Å². The minimum absolute atomic E-state index is 0.230. The summed E-state index contributed by atoms with van der Waals surface area (Å²) in [7, 11) is 0. The number of nitrogens with one attached hydrogen (secondary N) is 1. The van der Waals surface area contributed by atoms with Crippen LogP contribution >= 0.6 is 0 Å². The molecule has 1 atom stereocenters. The second-order valence-electron chi connectivity index (χ2n) is 4.26. The molecule has 0 aliphatic carbocycles. The van der Waals surface area contributed by atoms with Crippen molar-refractivity contribution in [2.75, 3.05) is 13.1 Å². The lowest BCUT2D eigenvalue weighted by atomic mass is 10.0. The highest BCUT2D eigenvalue weighted by molar-refractivity contribution is 5.31. The van der Waals surface area contributed by atoms with E-state index in [0.717, 1.165) is 13.0 Å². The van der Waals surface area contributed by atoms with E-state index in [4.69, 9.17) is 5.73 Å². The summed E-state index contributed by atoms with van der Waals surface area (Å²) in [6.07, 6.45) is 0.873. The minimum Gasteiger partial charge on any atom is -0.329 e. The van der Waals surface area contributed by atoms with E-state index in [9.17, 15) is 0 Å². The van der Waals surface area contributed by atoms with Crippen molar-refractivity contribution in [1.82, 2.24) is 5.32 Å². The molecule has 1 aromatic rings. The zero-order chi connectivity index (χ0) is 12.7. The molecule has 0 radical (unpaired) electrons. The number of nitrogens with two attached hydrogens (primary N) is 1. The van der Waals surface area contributed by atoms with Crippen molar-refractivity contribution < 1.29 is 0 Å². The first-order valence-electron chi connectivity index (χ1n) is 6.09. The van der Waals surface area contributed by atoms with Gasteiger partial charge in [-0.15, -0.1) is 11.8 Å². The Bertz CT molecular complexity index is 413. The highest BCUT2D eigenvalue weighted by Crippen LogP contribution is 2.16. The maximum Gasteiger partial charge on any atom is 0.0444 e. The van der Waals surface area contributed by atoms with Crippen LogP contribution in [-0.2, 0) is 0 Å². The first-order valence-corrected chi connectivity index (χ1v) is 6.09. The summed E-state index contributed by atoms with van der Waals surface area (Å²) in [4.78, 5) is 0. The van der Waals surface area contributed by atoms with E-state index in [-0.39, 0.29) is 6.04 Å². The monoisotopic (exact) mass is 230 g/mol. The van der Waals surface area contributed by atoms with Crippen molar-refractivity contribution in [3.63, 3.8) is 0 Å². The second kappa shape index (κ2) is 7.11. The Morgan fingerprint density at radius 1 is 1.29 bits per heavy atom. The van der Waals surface area contributed by atoms with Crippen molar-refractivity contribution in [2.45, 2.75) is 33.2 Å². The molecule has 3 N–H and O–H groups in total. The summed E-state index contributed by atoms with van der Waals surface area (Å²) in [5.41, 5.74) is 9.71. The van der Waals surface area contributed by atoms with E-state index in [2.05, 4.69) is 49.2 Å². The molecular weight excluding hydrogens is 208 g/mol. The van der Waals surface area contributed by atoms with Gasteiger partial charge in [0.1, 0.15) is 0 Å². The van der Waals surface area contributed by atoms with Gasteiger partial charge in [0.25, 0.3) is 0 Å². The van der Waals surface area contributed by atoms with Gasteiger partial charge in [-0.1, -0.05) is 18.2 Å². The Balaban J connectivity index is 2.64. The topological polar surface area (TPSA) is 38.0 Å². The maximum absolute atomic E-state index is 5.81. The fourth-order valence-electron chi connectivity index (χ4n) is 1.75. The summed E-state index contributed by atoms with van der Waals surface area (Å²) in [5.74, 6) is 5.94. The first-order chi connectivity index (χ1) is 8.19. The molecule has 0 aliphatic heterocycles. The van der Waals surface area contributed by atoms with Gasteiger partial charge in [0, 0.05) is 25.6 Å². The molecule has 0 aliphatic rings. The number of hydrogen-bond acceptors (Lipinski definition) is 2. The lowest BCUT2D eigenvalue weighted by Gasteiger charge is -2.17. The molecule has 1 aromatic carbocycles. The Hall–Kier alpha value is -1.30. The molecule has 17 heavy (non-hydrogen) atoms. The predicted molar refractivity (Wildman–Crippen MR) is 73.8 cm³/mol. The van der Waals surface area contributed by atoms with Gasteiger partial charge in [0.15, 0.2) is 0 Å². The van der Waals surface area contributed by atoms with E-state index in [1.165, 1.54) is 16.7 Å². The molecule has 0 bridgehead atoms. The Kier molecular flexibility index (Phi) is 5.76. The lowest BCUT2D eigenvalue weighted by Crippen LogP contribution is -2.29. The third-order valence-electron chi connectivity index (χ3n) is 2.99. The van der Waals surface area contributed by atoms with Crippen molar-refractivity contribution in [2.24, 2.45) is 5.73 Å². The van der Waals surface area contributed by atoms with Crippen LogP contribution in [0.2, 0.25) is 0 Å². The summed E-state index contributed by atoms with van der Waals surface area (Å²) in [6, 6.07) is 6.75. The lowest BCUT2D eigenvalue weighted by molar-refractivity contribution is 0.550. The van der Waals surface area contributed by atoms with Crippen molar-refractivity contribution in [3.8, 4) is 11.8 Å². The van der Waals surface area contributed by atoms with Crippen LogP contribution in [0, 0.1) is 25.7 Å². The average Bonchev–Trinajstić information content (AvgIpc) is 2.33. The van der Waals surface area contributed by atoms with E-state index in [0.29, 0.717) is 6.54 Å². The van der Waals surface area contributed by atoms with E-state index < -0.39 is 0 Å². The highest BCUT2D eigenvalue weighted by atomic mass is 14.9. The van der Waals surface area contributed by atoms with Crippen LogP contribution in [0.5, 0.6) is 0 Å². The van der Waals surface area contributed by atoms with E-state index in [1.807, 2.05) is 6.92 Å². The Morgan fingerprint density at radius 2 is 2.06 bits per heavy atom. The SMILES string of the molecule is CC#CCCNC(CN)c1ccc(C)c(C)c1. The summed E-state index contributed by atoms with van der Waals surface area (Å²) >= 11 is 0. The Morgan fingerprint density at radius 3 is 2.65 bits per heavy atom. The Labute approximate surface area is 105 Å². The van der Waals surface area contributed by atoms with Gasteiger partial charge in [0.05, 0.1) is 0 Å². The van der Waals surface area contributed by atoms with Crippen molar-refractivity contribution >= 4 is 0 Å². The quantitative estimate of drug-likeness (QED) is 0.602. The molecule has 2 nitrogen and oxygen atoms in total. The summed E-state index contributed by atoms with van der Waals surface area (Å²) in [6.45, 7) is 7.62. The molecule has 0 aromatic heterocycles. The fraction of sp³-hybridized carbons (Fsp3) is 0.467. The highest BCUT2D eigenvalue weighted by Gasteiger charge is 2.08. The normalized spacial score (nSPS) is 11.8. The summed E-state index contributed by atoms with van der Waals surface area (Å²) < 4.78 is 0. The van der Waals surface area contributed by atoms with Gasteiger partial charge in [-0.05, 0) is 37.5 Å². The standard InChI is InChI=1S/C15H22N2/c1-4-5-6-9-17-15(11-16)14-8-7-12(2)13(3)10-14/h7-8,10,15,17H,6,9,11,16H2,1-3H3. The van der Waals surface area contributed by atoms with E-state index >= 15 is 0 Å². The maximum atomic E-state index is 5.81. The molecule has 92 valence electrons. The molecule has 0 amide bonds. The number of rotatable bonds is 5. The van der Waals surface area contributed by atoms with Crippen LogP contribution in [0.1, 0.15) is 36.1 Å². The molecule has 0 heterocycles. The zero-order valence-electron chi connectivity index (χ0n) is 11.0. The van der Waals surface area contributed by atoms with Crippen molar-refractivity contribution in [3.05, 3.63) is 34.9 Å². The van der Waals surface area contributed by atoms with Gasteiger partial charge in [-0.3, -0.25) is 0 Å². The molecule has 1 rings (SSSR count). The molecule has 0 saturated heterocycles. The van der Waals surface area contributed by atoms with Gasteiger partial charge < -0.3 is 11.1 Å². The molecule has 1 unspecified atom stereocenters. The van der Waals surface area contributed by atoms with Crippen LogP contribution in [0.25, 0.3) is 0 Å². The van der Waals surface area contributed by atoms with Crippen LogP contribution in [0.3, 0.4) is 0 Å². The molecule has 0 saturated carbocycles. The van der Waals surface area contributed by atoms with Crippen LogP contribution < -0.4 is 11.1 Å². The molecular formula is C15H22N2. The summed E-state index contributed by atoms with van der Waals surface area (Å²) in [5, 5.41) is 3.44. The van der Waals surface area contributed by atoms with E-state index in [1.54, 1.807) is 0 Å². The fourth-order valence-corrected chi connectivity index (χ4v) is 1.75. The molecule has 2 heteroatoms. The predicted octanol–water partition coefficient (Wildman–Crippen LogP) is 2.31. The van der Waals surface area contributed by atoms with Crippen molar-refractivity contribution in [1.29, 1.82) is 0 Å². The smallest absolute Gasteiger partial charge is 0.0444 e. The van der Waals surface area contributed by atoms with Crippen LogP contribution in [0.4, 0.5) is 0 Å². The number of hydrogen-bond donors (Lipinski definition) is 2. The van der Waals surface area contributed by atoms with Crippen LogP contribution in [0.15, 0.2) is 18.2 Å². The van der Waals surface area contributed by atoms with Gasteiger partial charge in [0.2, 0.25) is 0 Å². The average molecular weight is 230 g/mol. The third kappa shape index (κ3) is 4.22. The molecule has 0 fully saturated rings. The number of benzene rings is 1. The van der Waals surface area contributed by atoms with Crippen LogP contribution in [-0.4, -0.2) is 13.1 Å². The largest absolute Gasteiger partial charge is 0.329 e. The second-order valence-corrected chi connectivity index (χ2v) is 4.26. The minimum atomic E-state index is 0.230. The van der Waals surface area contributed by atoms with Gasteiger partial charge >= 0.3 is 0 Å². The zero-order valence-corrected chi connectivity index (χ0v) is 11.0. The molecule has 0 spiro atoms.